The lowest BCUT2D eigenvalue weighted by Crippen LogP contribution is -2.45. The number of carbonyl (C=O) groups excluding carboxylic acids is 1. The van der Waals surface area contributed by atoms with Crippen LogP contribution in [-0.4, -0.2) is 67.1 Å². The summed E-state index contributed by atoms with van der Waals surface area (Å²) in [4.78, 5) is 25.6. The van der Waals surface area contributed by atoms with Crippen molar-refractivity contribution in [3.05, 3.63) is 63.6 Å². The molecule has 0 heterocycles. The number of nitrogens with one attached hydrogen (secondary N) is 1. The summed E-state index contributed by atoms with van der Waals surface area (Å²) in [6.45, 7) is 7.99. The van der Waals surface area contributed by atoms with Gasteiger partial charge in [0.15, 0.2) is 6.10 Å². The van der Waals surface area contributed by atoms with Gasteiger partial charge in [-0.3, -0.25) is 0 Å². The molecule has 0 radical (unpaired) electrons. The predicted molar refractivity (Wildman–Crippen MR) is 145 cm³/mol. The number of carboxylic acid groups (broad SMARTS) is 1. The minimum atomic E-state index is -0.985. The number of amides is 2. The van der Waals surface area contributed by atoms with Gasteiger partial charge in [0.2, 0.25) is 0 Å². The molecule has 0 aliphatic carbocycles. The first-order valence-electron chi connectivity index (χ1n) is 12.3. The van der Waals surface area contributed by atoms with E-state index in [9.17, 15) is 14.7 Å². The number of hydrogen-bond donors (Lipinski definition) is 2. The highest BCUT2D eigenvalue weighted by Crippen LogP contribution is 2.19. The summed E-state index contributed by atoms with van der Waals surface area (Å²) in [5.74, 6) is -0.346. The Kier molecular flexibility index (Phi) is 13.6. The van der Waals surface area contributed by atoms with Crippen LogP contribution in [0.1, 0.15) is 38.3 Å². The number of benzene rings is 2. The fourth-order valence-electron chi connectivity index (χ4n) is 3.52. The zero-order valence-corrected chi connectivity index (χ0v) is 23.1. The lowest BCUT2D eigenvalue weighted by atomic mass is 10.1. The van der Waals surface area contributed by atoms with Crippen molar-refractivity contribution < 1.29 is 28.9 Å². The van der Waals surface area contributed by atoms with Crippen LogP contribution in [0, 0.1) is 0 Å². The molecule has 0 saturated carbocycles. The number of rotatable bonds is 16. The summed E-state index contributed by atoms with van der Waals surface area (Å²) in [5, 5.41) is 13.3. The summed E-state index contributed by atoms with van der Waals surface area (Å²) >= 11 is 12.0. The Balaban J connectivity index is 1.81. The lowest BCUT2D eigenvalue weighted by Gasteiger charge is -2.24. The van der Waals surface area contributed by atoms with Crippen molar-refractivity contribution in [2.75, 3.05) is 32.9 Å². The summed E-state index contributed by atoms with van der Waals surface area (Å²) in [6, 6.07) is 12.3. The number of halogens is 2. The molecule has 0 aliphatic rings. The second-order valence-corrected chi connectivity index (χ2v) is 9.63. The number of urea groups is 1. The summed E-state index contributed by atoms with van der Waals surface area (Å²) in [7, 11) is 0. The molecule has 8 nitrogen and oxygen atoms in total. The maximum atomic E-state index is 12.6. The smallest absolute Gasteiger partial charge is 0.333 e. The van der Waals surface area contributed by atoms with Gasteiger partial charge in [-0.1, -0.05) is 35.3 Å². The van der Waals surface area contributed by atoms with E-state index in [2.05, 4.69) is 5.32 Å². The molecule has 0 aromatic heterocycles. The fraction of sp³-hybridized carbons (Fsp3) is 0.481. The van der Waals surface area contributed by atoms with Gasteiger partial charge in [-0.15, -0.1) is 0 Å². The van der Waals surface area contributed by atoms with Crippen LogP contribution in [0.4, 0.5) is 4.79 Å². The van der Waals surface area contributed by atoms with E-state index in [0.717, 1.165) is 11.1 Å². The van der Waals surface area contributed by atoms with Gasteiger partial charge in [0.1, 0.15) is 12.4 Å². The van der Waals surface area contributed by atoms with Crippen molar-refractivity contribution in [2.45, 2.75) is 52.4 Å². The van der Waals surface area contributed by atoms with E-state index in [-0.39, 0.29) is 18.5 Å². The topological polar surface area (TPSA) is 97.3 Å². The number of aliphatic carboxylic acids is 1. The average molecular weight is 555 g/mol. The molecule has 0 saturated heterocycles. The average Bonchev–Trinajstić information content (AvgIpc) is 2.82. The summed E-state index contributed by atoms with van der Waals surface area (Å²) < 4.78 is 16.8. The van der Waals surface area contributed by atoms with Crippen LogP contribution in [0.15, 0.2) is 42.5 Å². The molecule has 2 amide bonds. The van der Waals surface area contributed by atoms with E-state index in [0.29, 0.717) is 61.7 Å². The fourth-order valence-corrected chi connectivity index (χ4v) is 4.09. The Morgan fingerprint density at radius 3 is 2.27 bits per heavy atom. The van der Waals surface area contributed by atoms with Crippen molar-refractivity contribution in [3.8, 4) is 5.75 Å². The van der Waals surface area contributed by atoms with E-state index < -0.39 is 12.1 Å². The van der Waals surface area contributed by atoms with Gasteiger partial charge in [-0.25, -0.2) is 9.59 Å². The van der Waals surface area contributed by atoms with Crippen molar-refractivity contribution in [1.82, 2.24) is 10.2 Å². The molecule has 1 unspecified atom stereocenters. The third-order valence-corrected chi connectivity index (χ3v) is 5.66. The van der Waals surface area contributed by atoms with Crippen molar-refractivity contribution in [2.24, 2.45) is 0 Å². The first-order valence-corrected chi connectivity index (χ1v) is 13.1. The third kappa shape index (κ3) is 12.0. The zero-order valence-electron chi connectivity index (χ0n) is 21.5. The molecule has 0 aliphatic heterocycles. The first kappa shape index (κ1) is 30.7. The van der Waals surface area contributed by atoms with Gasteiger partial charge in [0.05, 0.1) is 13.2 Å². The maximum Gasteiger partial charge on any atom is 0.333 e. The van der Waals surface area contributed by atoms with E-state index >= 15 is 0 Å². The summed E-state index contributed by atoms with van der Waals surface area (Å²) in [6.07, 6.45) is 0.0510. The van der Waals surface area contributed by atoms with Crippen molar-refractivity contribution in [1.29, 1.82) is 0 Å². The molecule has 0 fully saturated rings. The van der Waals surface area contributed by atoms with Gasteiger partial charge in [0, 0.05) is 42.3 Å². The van der Waals surface area contributed by atoms with Gasteiger partial charge in [-0.05, 0) is 68.7 Å². The number of nitrogens with zero attached hydrogens (tertiary/aromatic N) is 1. The highest BCUT2D eigenvalue weighted by atomic mass is 35.5. The minimum Gasteiger partial charge on any atom is -0.492 e. The Labute approximate surface area is 228 Å². The van der Waals surface area contributed by atoms with Crippen LogP contribution >= 0.6 is 23.2 Å². The van der Waals surface area contributed by atoms with E-state index in [1.807, 2.05) is 38.1 Å². The normalized spacial score (nSPS) is 11.8. The molecule has 2 aromatic rings. The number of carbonyl (C=O) groups is 2. The Hall–Kier alpha value is -2.52. The van der Waals surface area contributed by atoms with Gasteiger partial charge in [-0.2, -0.15) is 0 Å². The molecule has 0 spiro atoms. The third-order valence-electron chi connectivity index (χ3n) is 5.22. The monoisotopic (exact) mass is 554 g/mol. The number of carboxylic acids is 1. The van der Waals surface area contributed by atoms with Crippen LogP contribution in [-0.2, 0) is 27.3 Å². The molecule has 2 N–H and O–H groups in total. The molecule has 204 valence electrons. The maximum absolute atomic E-state index is 12.6. The Morgan fingerprint density at radius 1 is 1.00 bits per heavy atom. The Morgan fingerprint density at radius 2 is 1.68 bits per heavy atom. The highest BCUT2D eigenvalue weighted by molar-refractivity contribution is 6.34. The lowest BCUT2D eigenvalue weighted by molar-refractivity contribution is -0.149. The predicted octanol–water partition coefficient (Wildman–Crippen LogP) is 5.43. The molecular formula is C27H36Cl2N2O6. The van der Waals surface area contributed by atoms with E-state index in [1.165, 1.54) is 0 Å². The number of ether oxygens (including phenoxy) is 3. The minimum absolute atomic E-state index is 0.0126. The van der Waals surface area contributed by atoms with Crippen molar-refractivity contribution >= 4 is 35.2 Å². The van der Waals surface area contributed by atoms with Crippen LogP contribution in [0.25, 0.3) is 0 Å². The first-order chi connectivity index (χ1) is 17.7. The zero-order chi connectivity index (χ0) is 27.2. The summed E-state index contributed by atoms with van der Waals surface area (Å²) in [5.41, 5.74) is 1.73. The van der Waals surface area contributed by atoms with Gasteiger partial charge >= 0.3 is 12.0 Å². The largest absolute Gasteiger partial charge is 0.492 e. The van der Waals surface area contributed by atoms with Crippen molar-refractivity contribution in [3.63, 3.8) is 0 Å². The molecular weight excluding hydrogens is 519 g/mol. The highest BCUT2D eigenvalue weighted by Gasteiger charge is 2.18. The standard InChI is InChI=1S/C27H36Cl2N2O6/c1-4-36-25(26(32)33)16-20-6-8-24(9-7-20)37-13-11-31(27(34)30-19(2)3)10-5-12-35-18-21-14-22(28)17-23(29)15-21/h6-9,14-15,17,19,25H,4-5,10-13,16,18H2,1-3H3,(H,30,34)(H,32,33). The van der Waals surface area contributed by atoms with Crippen LogP contribution in [0.5, 0.6) is 5.75 Å². The molecule has 2 aromatic carbocycles. The molecule has 37 heavy (non-hydrogen) atoms. The van der Waals surface area contributed by atoms with Crippen LogP contribution in [0.2, 0.25) is 10.0 Å². The van der Waals surface area contributed by atoms with Gasteiger partial charge in [0.25, 0.3) is 0 Å². The second kappa shape index (κ2) is 16.3. The quantitative estimate of drug-likeness (QED) is 0.268. The van der Waals surface area contributed by atoms with Crippen LogP contribution in [0.3, 0.4) is 0 Å². The van der Waals surface area contributed by atoms with Gasteiger partial charge < -0.3 is 29.5 Å². The van der Waals surface area contributed by atoms with Crippen LogP contribution < -0.4 is 10.1 Å². The van der Waals surface area contributed by atoms with E-state index in [1.54, 1.807) is 30.0 Å². The molecule has 0 bridgehead atoms. The van der Waals surface area contributed by atoms with E-state index in [4.69, 9.17) is 37.4 Å². The molecule has 10 heteroatoms. The SMILES string of the molecule is CCOC(Cc1ccc(OCCN(CCCOCc2cc(Cl)cc(Cl)c2)C(=O)NC(C)C)cc1)C(=O)O. The second-order valence-electron chi connectivity index (χ2n) is 8.75. The molecule has 2 rings (SSSR count). The Bertz CT molecular complexity index is 967. The molecule has 1 atom stereocenters. The number of hydrogen-bond acceptors (Lipinski definition) is 5.